The predicted molar refractivity (Wildman–Crippen MR) is 113 cm³/mol. The van der Waals surface area contributed by atoms with Crippen LogP contribution in [0, 0.1) is 0 Å². The van der Waals surface area contributed by atoms with Crippen LogP contribution < -0.4 is 11.2 Å². The summed E-state index contributed by atoms with van der Waals surface area (Å²) in [7, 11) is 3.07. The molecule has 5 aromatic rings. The third-order valence-electron chi connectivity index (χ3n) is 5.13. The van der Waals surface area contributed by atoms with E-state index in [4.69, 9.17) is 11.6 Å². The molecule has 0 aliphatic heterocycles. The zero-order valence-corrected chi connectivity index (χ0v) is 16.5. The minimum Gasteiger partial charge on any atom is -0.279 e. The number of hydrogen-bond acceptors (Lipinski definition) is 3. The monoisotopic (exact) mass is 405 g/mol. The lowest BCUT2D eigenvalue weighted by Crippen LogP contribution is -2.37. The lowest BCUT2D eigenvalue weighted by Gasteiger charge is -2.10. The van der Waals surface area contributed by atoms with Crippen LogP contribution in [-0.2, 0) is 14.1 Å². The van der Waals surface area contributed by atoms with Crippen LogP contribution in [0.25, 0.3) is 33.9 Å². The van der Waals surface area contributed by atoms with Crippen molar-refractivity contribution < 1.29 is 0 Å². The van der Waals surface area contributed by atoms with Crippen molar-refractivity contribution >= 4 is 28.5 Å². The van der Waals surface area contributed by atoms with Crippen LogP contribution in [0.5, 0.6) is 0 Å². The van der Waals surface area contributed by atoms with Crippen LogP contribution in [0.4, 0.5) is 0 Å². The third kappa shape index (κ3) is 2.41. The van der Waals surface area contributed by atoms with Crippen molar-refractivity contribution in [2.45, 2.75) is 0 Å². The molecule has 0 bridgehead atoms. The van der Waals surface area contributed by atoms with Crippen LogP contribution in [-0.4, -0.2) is 23.1 Å². The Bertz CT molecular complexity index is 1520. The van der Waals surface area contributed by atoms with Gasteiger partial charge in [-0.1, -0.05) is 54.1 Å². The Labute approximate surface area is 169 Å². The number of nitrogens with zero attached hydrogens (tertiary/aromatic N) is 5. The molecule has 0 atom stereocenters. The first kappa shape index (κ1) is 17.5. The highest BCUT2D eigenvalue weighted by molar-refractivity contribution is 6.32. The lowest BCUT2D eigenvalue weighted by molar-refractivity contribution is 0.708. The molecular formula is C21H16ClN5O2. The van der Waals surface area contributed by atoms with E-state index in [0.717, 1.165) is 21.5 Å². The molecule has 0 aliphatic carbocycles. The van der Waals surface area contributed by atoms with Gasteiger partial charge in [-0.15, -0.1) is 0 Å². The number of fused-ring (bicyclic) bond motifs is 3. The van der Waals surface area contributed by atoms with Gasteiger partial charge >= 0.3 is 5.69 Å². The maximum atomic E-state index is 12.9. The average Bonchev–Trinajstić information content (AvgIpc) is 3.28. The number of rotatable bonds is 2. The van der Waals surface area contributed by atoms with Gasteiger partial charge in [0.2, 0.25) is 5.78 Å². The third-order valence-corrected chi connectivity index (χ3v) is 5.45. The zero-order valence-electron chi connectivity index (χ0n) is 15.7. The van der Waals surface area contributed by atoms with E-state index in [-0.39, 0.29) is 0 Å². The number of aryl methyl sites for hydroxylation is 1. The summed E-state index contributed by atoms with van der Waals surface area (Å²) in [4.78, 5) is 29.9. The molecule has 2 aromatic carbocycles. The SMILES string of the molecule is Cn1c(=O)c2c(nc3n(-c4ccccc4Cl)c(-c4ccccc4)cn23)n(C)c1=O. The standard InChI is InChI=1S/C21H16ClN5O2/c1-24-18-17(19(28)25(2)21(24)29)26-12-16(13-8-4-3-5-9-13)27(20(26)23-18)15-11-7-6-10-14(15)22/h3-12H,1-2H3. The minimum atomic E-state index is -0.421. The molecule has 0 unspecified atom stereocenters. The Balaban J connectivity index is 2.01. The maximum absolute atomic E-state index is 12.9. The summed E-state index contributed by atoms with van der Waals surface area (Å²) >= 11 is 6.51. The van der Waals surface area contributed by atoms with Crippen molar-refractivity contribution in [3.63, 3.8) is 0 Å². The second-order valence-electron chi connectivity index (χ2n) is 6.83. The topological polar surface area (TPSA) is 66.2 Å². The van der Waals surface area contributed by atoms with Crippen LogP contribution in [0.15, 0.2) is 70.4 Å². The van der Waals surface area contributed by atoms with E-state index in [1.54, 1.807) is 17.5 Å². The van der Waals surface area contributed by atoms with Gasteiger partial charge in [-0.25, -0.2) is 4.79 Å². The van der Waals surface area contributed by atoms with Gasteiger partial charge in [0.1, 0.15) is 0 Å². The second-order valence-corrected chi connectivity index (χ2v) is 7.23. The van der Waals surface area contributed by atoms with E-state index in [1.807, 2.05) is 59.3 Å². The van der Waals surface area contributed by atoms with Crippen molar-refractivity contribution in [1.29, 1.82) is 0 Å². The van der Waals surface area contributed by atoms with Crippen LogP contribution in [0.1, 0.15) is 0 Å². The van der Waals surface area contributed by atoms with Gasteiger partial charge in [0.25, 0.3) is 5.56 Å². The van der Waals surface area contributed by atoms with Crippen LogP contribution in [0.3, 0.4) is 0 Å². The normalized spacial score (nSPS) is 11.6. The van der Waals surface area contributed by atoms with Crippen molar-refractivity contribution in [3.8, 4) is 16.9 Å². The molecule has 0 radical (unpaired) electrons. The van der Waals surface area contributed by atoms with Crippen molar-refractivity contribution in [2.24, 2.45) is 14.1 Å². The number of benzene rings is 2. The summed E-state index contributed by atoms with van der Waals surface area (Å²) in [6.07, 6.45) is 1.86. The van der Waals surface area contributed by atoms with Crippen molar-refractivity contribution in [3.05, 3.63) is 86.7 Å². The molecule has 0 N–H and O–H groups in total. The Morgan fingerprint density at radius 1 is 0.897 bits per heavy atom. The Kier molecular flexibility index (Phi) is 3.75. The highest BCUT2D eigenvalue weighted by atomic mass is 35.5. The largest absolute Gasteiger partial charge is 0.332 e. The molecule has 5 rings (SSSR count). The summed E-state index contributed by atoms with van der Waals surface area (Å²) in [6, 6.07) is 17.3. The molecule has 29 heavy (non-hydrogen) atoms. The van der Waals surface area contributed by atoms with Gasteiger partial charge in [0.15, 0.2) is 11.2 Å². The highest BCUT2D eigenvalue weighted by Crippen LogP contribution is 2.31. The number of aromatic nitrogens is 5. The van der Waals surface area contributed by atoms with Crippen LogP contribution >= 0.6 is 11.6 Å². The fraction of sp³-hybridized carbons (Fsp3) is 0.0952. The lowest BCUT2D eigenvalue weighted by atomic mass is 10.1. The number of hydrogen-bond donors (Lipinski definition) is 0. The summed E-state index contributed by atoms with van der Waals surface area (Å²) in [6.45, 7) is 0. The highest BCUT2D eigenvalue weighted by Gasteiger charge is 2.22. The molecule has 0 saturated carbocycles. The molecule has 0 saturated heterocycles. The Morgan fingerprint density at radius 3 is 2.31 bits per heavy atom. The smallest absolute Gasteiger partial charge is 0.279 e. The molecule has 0 aliphatic rings. The molecule has 144 valence electrons. The van der Waals surface area contributed by atoms with E-state index in [9.17, 15) is 9.59 Å². The van der Waals surface area contributed by atoms with E-state index >= 15 is 0 Å². The Morgan fingerprint density at radius 2 is 1.59 bits per heavy atom. The number of imidazole rings is 2. The van der Waals surface area contributed by atoms with E-state index < -0.39 is 11.2 Å². The number of para-hydroxylation sites is 1. The molecule has 0 fully saturated rings. The quantitative estimate of drug-likeness (QED) is 0.453. The van der Waals surface area contributed by atoms with Gasteiger partial charge in [-0.2, -0.15) is 4.98 Å². The summed E-state index contributed by atoms with van der Waals surface area (Å²) in [5, 5.41) is 0.552. The average molecular weight is 406 g/mol. The molecule has 0 spiro atoms. The molecule has 3 aromatic heterocycles. The first-order valence-electron chi connectivity index (χ1n) is 8.99. The molecule has 7 nitrogen and oxygen atoms in total. The molecular weight excluding hydrogens is 390 g/mol. The number of halogens is 1. The first-order valence-corrected chi connectivity index (χ1v) is 9.36. The van der Waals surface area contributed by atoms with E-state index in [1.165, 1.54) is 11.6 Å². The first-order chi connectivity index (χ1) is 14.0. The van der Waals surface area contributed by atoms with Gasteiger partial charge in [-0.3, -0.25) is 22.9 Å². The van der Waals surface area contributed by atoms with Gasteiger partial charge in [0.05, 0.1) is 16.4 Å². The Hall–Kier alpha value is -3.58. The minimum absolute atomic E-state index is 0.327. The second kappa shape index (κ2) is 6.22. The van der Waals surface area contributed by atoms with Crippen molar-refractivity contribution in [2.75, 3.05) is 0 Å². The summed E-state index contributed by atoms with van der Waals surface area (Å²) in [5.41, 5.74) is 2.37. The molecule has 0 amide bonds. The van der Waals surface area contributed by atoms with Crippen molar-refractivity contribution in [1.82, 2.24) is 23.1 Å². The van der Waals surface area contributed by atoms with Crippen LogP contribution in [0.2, 0.25) is 5.02 Å². The van der Waals surface area contributed by atoms with E-state index in [2.05, 4.69) is 4.98 Å². The molecule has 3 heterocycles. The fourth-order valence-electron chi connectivity index (χ4n) is 3.65. The predicted octanol–water partition coefficient (Wildman–Crippen LogP) is 3.00. The fourth-order valence-corrected chi connectivity index (χ4v) is 3.87. The molecule has 8 heteroatoms. The summed E-state index contributed by atoms with van der Waals surface area (Å²) in [5.74, 6) is 0.505. The summed E-state index contributed by atoms with van der Waals surface area (Å²) < 4.78 is 6.10. The van der Waals surface area contributed by atoms with Gasteiger partial charge in [-0.05, 0) is 12.1 Å². The van der Waals surface area contributed by atoms with E-state index in [0.29, 0.717) is 22.0 Å². The maximum Gasteiger partial charge on any atom is 0.332 e. The van der Waals surface area contributed by atoms with Gasteiger partial charge < -0.3 is 0 Å². The van der Waals surface area contributed by atoms with Gasteiger partial charge in [0, 0.05) is 25.9 Å². The zero-order chi connectivity index (χ0) is 20.3.